The maximum absolute atomic E-state index is 13.2. The molecule has 1 aliphatic rings. The van der Waals surface area contributed by atoms with Crippen LogP contribution in [0.5, 0.6) is 0 Å². The molecule has 0 unspecified atom stereocenters. The quantitative estimate of drug-likeness (QED) is 0.419. The highest BCUT2D eigenvalue weighted by Gasteiger charge is 2.49. The molecule has 0 bridgehead atoms. The van der Waals surface area contributed by atoms with Crippen molar-refractivity contribution in [1.29, 1.82) is 0 Å². The van der Waals surface area contributed by atoms with Crippen LogP contribution in [0.15, 0.2) is 48.5 Å². The van der Waals surface area contributed by atoms with E-state index in [0.29, 0.717) is 16.4 Å². The van der Waals surface area contributed by atoms with Crippen molar-refractivity contribution in [2.75, 3.05) is 11.5 Å². The fourth-order valence-electron chi connectivity index (χ4n) is 3.96. The molecular formula is C20H19F3INO. The van der Waals surface area contributed by atoms with Crippen molar-refractivity contribution in [3.63, 3.8) is 0 Å². The number of hydrogen-bond acceptors (Lipinski definition) is 1. The van der Waals surface area contributed by atoms with E-state index in [9.17, 15) is 18.0 Å². The number of carbonyl (C=O) groups is 1. The summed E-state index contributed by atoms with van der Waals surface area (Å²) in [4.78, 5) is 14.6. The maximum atomic E-state index is 13.2. The van der Waals surface area contributed by atoms with Gasteiger partial charge in [0, 0.05) is 22.5 Å². The number of benzene rings is 2. The molecule has 6 heteroatoms. The van der Waals surface area contributed by atoms with Crippen molar-refractivity contribution in [2.24, 2.45) is 0 Å². The maximum Gasteiger partial charge on any atom is 0.416 e. The largest absolute Gasteiger partial charge is 0.416 e. The van der Waals surface area contributed by atoms with Crippen molar-refractivity contribution >= 4 is 28.5 Å². The van der Waals surface area contributed by atoms with Gasteiger partial charge >= 0.3 is 6.18 Å². The zero-order chi connectivity index (χ0) is 19.1. The Hall–Kier alpha value is -1.57. The fraction of sp³-hybridized carbons (Fsp3) is 0.350. The smallest absolute Gasteiger partial charge is 0.334 e. The Morgan fingerprint density at radius 3 is 2.35 bits per heavy atom. The molecule has 3 rings (SSSR count). The summed E-state index contributed by atoms with van der Waals surface area (Å²) in [7, 11) is 1.68. The van der Waals surface area contributed by atoms with Crippen LogP contribution >= 0.6 is 22.6 Å². The standard InChI is InChI=1S/C20H19F3INO/c1-3-19(12-24)16-10-9-14(20(21,22)23)11-15(16)18(26)25(2)17(19)13-7-5-4-6-8-13/h4-11,17H,3,12H2,1-2H3/t17-,19+/m1/s1. The van der Waals surface area contributed by atoms with Crippen LogP contribution in [0, 0.1) is 0 Å². The van der Waals surface area contributed by atoms with Gasteiger partial charge < -0.3 is 4.90 Å². The molecule has 138 valence electrons. The zero-order valence-electron chi connectivity index (χ0n) is 14.5. The molecule has 0 aliphatic carbocycles. The van der Waals surface area contributed by atoms with E-state index < -0.39 is 17.2 Å². The van der Waals surface area contributed by atoms with Gasteiger partial charge in [0.15, 0.2) is 0 Å². The number of rotatable bonds is 3. The summed E-state index contributed by atoms with van der Waals surface area (Å²) in [6.45, 7) is 2.03. The van der Waals surface area contributed by atoms with Crippen molar-refractivity contribution < 1.29 is 18.0 Å². The molecule has 0 fully saturated rings. The van der Waals surface area contributed by atoms with E-state index in [2.05, 4.69) is 22.6 Å². The summed E-state index contributed by atoms with van der Waals surface area (Å²) < 4.78 is 40.2. The Kier molecular flexibility index (Phi) is 5.07. The molecule has 0 N–H and O–H groups in total. The second-order valence-electron chi connectivity index (χ2n) is 6.63. The monoisotopic (exact) mass is 473 g/mol. The average molecular weight is 473 g/mol. The van der Waals surface area contributed by atoms with Crippen LogP contribution in [0.4, 0.5) is 13.2 Å². The molecule has 26 heavy (non-hydrogen) atoms. The predicted molar refractivity (Wildman–Crippen MR) is 104 cm³/mol. The first kappa shape index (κ1) is 19.2. The minimum absolute atomic E-state index is 0.160. The molecule has 1 amide bonds. The van der Waals surface area contributed by atoms with Gasteiger partial charge in [-0.15, -0.1) is 0 Å². The Morgan fingerprint density at radius 2 is 1.81 bits per heavy atom. The number of fused-ring (bicyclic) bond motifs is 1. The highest BCUT2D eigenvalue weighted by Crippen LogP contribution is 2.50. The summed E-state index contributed by atoms with van der Waals surface area (Å²) >= 11 is 2.28. The Morgan fingerprint density at radius 1 is 1.15 bits per heavy atom. The minimum atomic E-state index is -4.47. The van der Waals surface area contributed by atoms with Gasteiger partial charge in [0.25, 0.3) is 5.91 Å². The zero-order valence-corrected chi connectivity index (χ0v) is 16.6. The molecule has 0 aromatic heterocycles. The van der Waals surface area contributed by atoms with Gasteiger partial charge in [-0.1, -0.05) is 65.9 Å². The van der Waals surface area contributed by atoms with Gasteiger partial charge in [-0.2, -0.15) is 13.2 Å². The van der Waals surface area contributed by atoms with E-state index in [1.54, 1.807) is 11.9 Å². The van der Waals surface area contributed by atoms with Gasteiger partial charge in [0.05, 0.1) is 11.6 Å². The SMILES string of the molecule is CC[C@]1(CI)c2ccc(C(F)(F)F)cc2C(=O)N(C)[C@@H]1c1ccccc1. The number of likely N-dealkylation sites (N-methyl/N-ethyl adjacent to an activating group) is 1. The number of amides is 1. The van der Waals surface area contributed by atoms with Crippen LogP contribution in [0.25, 0.3) is 0 Å². The number of hydrogen-bond donors (Lipinski definition) is 0. The van der Waals surface area contributed by atoms with Crippen LogP contribution in [0.2, 0.25) is 0 Å². The normalized spacial score (nSPS) is 23.1. The lowest BCUT2D eigenvalue weighted by molar-refractivity contribution is -0.137. The van der Waals surface area contributed by atoms with E-state index in [4.69, 9.17) is 0 Å². The van der Waals surface area contributed by atoms with E-state index in [1.165, 1.54) is 6.07 Å². The number of nitrogens with zero attached hydrogens (tertiary/aromatic N) is 1. The molecule has 0 spiro atoms. The molecule has 1 aliphatic heterocycles. The number of halogens is 4. The third-order valence-corrected chi connectivity index (χ3v) is 6.69. The first-order chi connectivity index (χ1) is 12.3. The Labute approximate surface area is 164 Å². The summed E-state index contributed by atoms with van der Waals surface area (Å²) in [6.07, 6.45) is -3.76. The predicted octanol–water partition coefficient (Wildman–Crippen LogP) is 5.62. The summed E-state index contributed by atoms with van der Waals surface area (Å²) in [6, 6.07) is 13.1. The third kappa shape index (κ3) is 2.92. The molecular weight excluding hydrogens is 454 g/mol. The van der Waals surface area contributed by atoms with Crippen LogP contribution in [0.1, 0.15) is 46.4 Å². The Balaban J connectivity index is 2.26. The van der Waals surface area contributed by atoms with Gasteiger partial charge in [0.1, 0.15) is 0 Å². The van der Waals surface area contributed by atoms with Crippen molar-refractivity contribution in [3.8, 4) is 0 Å². The van der Waals surface area contributed by atoms with Crippen molar-refractivity contribution in [3.05, 3.63) is 70.8 Å². The molecule has 2 aromatic carbocycles. The average Bonchev–Trinajstić information content (AvgIpc) is 2.64. The van der Waals surface area contributed by atoms with Crippen LogP contribution in [0.3, 0.4) is 0 Å². The van der Waals surface area contributed by atoms with E-state index in [0.717, 1.165) is 17.7 Å². The molecule has 2 atom stereocenters. The summed E-state index contributed by atoms with van der Waals surface area (Å²) in [5.41, 5.74) is 0.638. The van der Waals surface area contributed by atoms with Crippen LogP contribution in [-0.2, 0) is 11.6 Å². The van der Waals surface area contributed by atoms with Gasteiger partial charge in [-0.25, -0.2) is 0 Å². The third-order valence-electron chi connectivity index (χ3n) is 5.33. The van der Waals surface area contributed by atoms with Crippen molar-refractivity contribution in [1.82, 2.24) is 4.90 Å². The highest BCUT2D eigenvalue weighted by atomic mass is 127. The van der Waals surface area contributed by atoms with Gasteiger partial charge in [-0.3, -0.25) is 4.79 Å². The minimum Gasteiger partial charge on any atom is -0.334 e. The second kappa shape index (κ2) is 6.87. The first-order valence-electron chi connectivity index (χ1n) is 8.36. The molecule has 0 radical (unpaired) electrons. The topological polar surface area (TPSA) is 20.3 Å². The lowest BCUT2D eigenvalue weighted by Crippen LogP contribution is -2.51. The molecule has 2 nitrogen and oxygen atoms in total. The van der Waals surface area contributed by atoms with Gasteiger partial charge in [0.2, 0.25) is 0 Å². The lowest BCUT2D eigenvalue weighted by atomic mass is 9.66. The second-order valence-corrected chi connectivity index (χ2v) is 7.39. The number of carbonyl (C=O) groups excluding carboxylic acids is 1. The molecule has 0 saturated heterocycles. The van der Waals surface area contributed by atoms with Gasteiger partial charge in [-0.05, 0) is 29.7 Å². The van der Waals surface area contributed by atoms with Crippen LogP contribution < -0.4 is 0 Å². The number of alkyl halides is 4. The highest BCUT2D eigenvalue weighted by molar-refractivity contribution is 14.1. The van der Waals surface area contributed by atoms with Crippen molar-refractivity contribution in [2.45, 2.75) is 31.0 Å². The van der Waals surface area contributed by atoms with E-state index in [-0.39, 0.29) is 17.5 Å². The summed E-state index contributed by atoms with van der Waals surface area (Å²) in [5.74, 6) is -0.367. The van der Waals surface area contributed by atoms with E-state index >= 15 is 0 Å². The molecule has 2 aromatic rings. The first-order valence-corrected chi connectivity index (χ1v) is 9.88. The van der Waals surface area contributed by atoms with E-state index in [1.807, 2.05) is 37.3 Å². The van der Waals surface area contributed by atoms with Crippen LogP contribution in [-0.4, -0.2) is 22.3 Å². The Bertz CT molecular complexity index is 816. The lowest BCUT2D eigenvalue weighted by Gasteiger charge is -2.49. The fourth-order valence-corrected chi connectivity index (χ4v) is 5.33. The molecule has 1 heterocycles. The molecule has 0 saturated carbocycles. The summed E-state index contributed by atoms with van der Waals surface area (Å²) in [5, 5.41) is 0.